The summed E-state index contributed by atoms with van der Waals surface area (Å²) < 4.78 is 0. The summed E-state index contributed by atoms with van der Waals surface area (Å²) in [4.78, 5) is 23.1. The molecule has 1 aliphatic heterocycles. The van der Waals surface area contributed by atoms with Gasteiger partial charge in [-0.25, -0.2) is 4.98 Å². The molecule has 5 nitrogen and oxygen atoms in total. The first kappa shape index (κ1) is 14.3. The van der Waals surface area contributed by atoms with Gasteiger partial charge in [0.05, 0.1) is 5.69 Å². The van der Waals surface area contributed by atoms with Gasteiger partial charge in [-0.15, -0.1) is 0 Å². The van der Waals surface area contributed by atoms with Crippen LogP contribution < -0.4 is 5.32 Å². The smallest absolute Gasteiger partial charge is 0.222 e. The summed E-state index contributed by atoms with van der Waals surface area (Å²) in [5, 5.41) is 3.10. The fourth-order valence-electron chi connectivity index (χ4n) is 3.15. The third kappa shape index (κ3) is 3.71. The zero-order chi connectivity index (χ0) is 14.7. The van der Waals surface area contributed by atoms with Crippen molar-refractivity contribution in [3.63, 3.8) is 0 Å². The summed E-state index contributed by atoms with van der Waals surface area (Å²) in [6.45, 7) is 1.81. The Morgan fingerprint density at radius 3 is 2.86 bits per heavy atom. The molecule has 0 unspecified atom stereocenters. The molecule has 1 saturated carbocycles. The highest BCUT2D eigenvalue weighted by Crippen LogP contribution is 2.33. The van der Waals surface area contributed by atoms with Crippen LogP contribution >= 0.6 is 0 Å². The van der Waals surface area contributed by atoms with Crippen LogP contribution in [0.1, 0.15) is 37.8 Å². The van der Waals surface area contributed by atoms with E-state index in [4.69, 9.17) is 0 Å². The predicted molar refractivity (Wildman–Crippen MR) is 81.9 cm³/mol. The van der Waals surface area contributed by atoms with Crippen molar-refractivity contribution in [3.8, 4) is 0 Å². The minimum atomic E-state index is 0.357. The van der Waals surface area contributed by atoms with E-state index < -0.39 is 0 Å². The van der Waals surface area contributed by atoms with Gasteiger partial charge < -0.3 is 10.2 Å². The molecular formula is C16H24N4O. The minimum Gasteiger partial charge on any atom is -0.372 e. The molecule has 1 aromatic rings. The molecule has 0 bridgehead atoms. The number of anilines is 1. The van der Waals surface area contributed by atoms with Crippen molar-refractivity contribution in [2.45, 2.75) is 38.5 Å². The number of nitrogens with zero attached hydrogens (tertiary/aromatic N) is 3. The summed E-state index contributed by atoms with van der Waals surface area (Å²) in [6, 6.07) is 0. The molecule has 2 heterocycles. The van der Waals surface area contributed by atoms with Crippen LogP contribution in [-0.4, -0.2) is 40.9 Å². The highest BCUT2D eigenvalue weighted by Gasteiger charge is 2.30. The second-order valence-corrected chi connectivity index (χ2v) is 6.30. The molecule has 0 spiro atoms. The lowest BCUT2D eigenvalue weighted by molar-refractivity contribution is -0.133. The first-order valence-corrected chi connectivity index (χ1v) is 8.01. The van der Waals surface area contributed by atoms with Gasteiger partial charge in [0.15, 0.2) is 0 Å². The van der Waals surface area contributed by atoms with Gasteiger partial charge in [0.2, 0.25) is 5.91 Å². The molecule has 1 N–H and O–H groups in total. The topological polar surface area (TPSA) is 58.1 Å². The van der Waals surface area contributed by atoms with Gasteiger partial charge in [-0.2, -0.15) is 0 Å². The molecule has 1 aliphatic carbocycles. The molecular weight excluding hydrogens is 264 g/mol. The van der Waals surface area contributed by atoms with Gasteiger partial charge in [0.1, 0.15) is 5.82 Å². The highest BCUT2D eigenvalue weighted by molar-refractivity contribution is 5.76. The average molecular weight is 288 g/mol. The van der Waals surface area contributed by atoms with Gasteiger partial charge in [-0.3, -0.25) is 9.78 Å². The number of nitrogens with one attached hydrogen (secondary N) is 1. The SMILES string of the molecule is CNc1nccnc1C[C@H]1CCCN(C(=O)CC2CC2)C1. The third-order valence-corrected chi connectivity index (χ3v) is 4.52. The second kappa shape index (κ2) is 6.41. The first-order chi connectivity index (χ1) is 10.3. The molecule has 0 radical (unpaired) electrons. The van der Waals surface area contributed by atoms with Crippen LogP contribution in [-0.2, 0) is 11.2 Å². The predicted octanol–water partition coefficient (Wildman–Crippen LogP) is 2.10. The fourth-order valence-corrected chi connectivity index (χ4v) is 3.15. The number of rotatable bonds is 5. The first-order valence-electron chi connectivity index (χ1n) is 8.01. The van der Waals surface area contributed by atoms with E-state index in [1.54, 1.807) is 12.4 Å². The van der Waals surface area contributed by atoms with E-state index in [0.29, 0.717) is 17.7 Å². The standard InChI is InChI=1S/C16H24N4O/c1-17-16-14(18-6-7-19-16)9-13-3-2-8-20(11-13)15(21)10-12-4-5-12/h6-7,12-13H,2-5,8-11H2,1H3,(H,17,19)/t13-/m1/s1. The Balaban J connectivity index is 1.59. The Morgan fingerprint density at radius 1 is 1.29 bits per heavy atom. The fraction of sp³-hybridized carbons (Fsp3) is 0.688. The number of hydrogen-bond acceptors (Lipinski definition) is 4. The van der Waals surface area contributed by atoms with Crippen molar-refractivity contribution >= 4 is 11.7 Å². The van der Waals surface area contributed by atoms with Crippen LogP contribution in [0.2, 0.25) is 0 Å². The quantitative estimate of drug-likeness (QED) is 0.901. The normalized spacial score (nSPS) is 22.1. The van der Waals surface area contributed by atoms with Gasteiger partial charge in [0.25, 0.3) is 0 Å². The summed E-state index contributed by atoms with van der Waals surface area (Å²) in [6.07, 6.45) is 9.89. The Labute approximate surface area is 126 Å². The Hall–Kier alpha value is -1.65. The minimum absolute atomic E-state index is 0.357. The number of likely N-dealkylation sites (tertiary alicyclic amines) is 1. The van der Waals surface area contributed by atoms with Crippen LogP contribution in [0, 0.1) is 11.8 Å². The van der Waals surface area contributed by atoms with Crippen LogP contribution in [0.4, 0.5) is 5.82 Å². The molecule has 3 rings (SSSR count). The van der Waals surface area contributed by atoms with Gasteiger partial charge in [0, 0.05) is 39.0 Å². The number of aromatic nitrogens is 2. The summed E-state index contributed by atoms with van der Waals surface area (Å²) >= 11 is 0. The monoisotopic (exact) mass is 288 g/mol. The van der Waals surface area contributed by atoms with Gasteiger partial charge >= 0.3 is 0 Å². The zero-order valence-corrected chi connectivity index (χ0v) is 12.7. The second-order valence-electron chi connectivity index (χ2n) is 6.30. The van der Waals surface area contributed by atoms with Crippen molar-refractivity contribution in [2.75, 3.05) is 25.5 Å². The van der Waals surface area contributed by atoms with Crippen LogP contribution in [0.15, 0.2) is 12.4 Å². The molecule has 2 aliphatic rings. The largest absolute Gasteiger partial charge is 0.372 e. The molecule has 1 amide bonds. The summed E-state index contributed by atoms with van der Waals surface area (Å²) in [7, 11) is 1.87. The molecule has 5 heteroatoms. The van der Waals surface area contributed by atoms with Crippen LogP contribution in [0.5, 0.6) is 0 Å². The summed E-state index contributed by atoms with van der Waals surface area (Å²) in [5.41, 5.74) is 1.02. The van der Waals surface area contributed by atoms with E-state index in [2.05, 4.69) is 20.2 Å². The molecule has 21 heavy (non-hydrogen) atoms. The lowest BCUT2D eigenvalue weighted by Gasteiger charge is -2.33. The van der Waals surface area contributed by atoms with Crippen molar-refractivity contribution < 1.29 is 4.79 Å². The number of piperidine rings is 1. The Kier molecular flexibility index (Phi) is 4.36. The average Bonchev–Trinajstić information content (AvgIpc) is 3.32. The molecule has 1 atom stereocenters. The van der Waals surface area contributed by atoms with E-state index in [1.807, 2.05) is 7.05 Å². The van der Waals surface area contributed by atoms with E-state index in [0.717, 1.165) is 43.9 Å². The Bertz CT molecular complexity index is 501. The molecule has 1 saturated heterocycles. The highest BCUT2D eigenvalue weighted by atomic mass is 16.2. The Morgan fingerprint density at radius 2 is 2.10 bits per heavy atom. The third-order valence-electron chi connectivity index (χ3n) is 4.52. The molecule has 114 valence electrons. The van der Waals surface area contributed by atoms with Crippen molar-refractivity contribution in [1.29, 1.82) is 0 Å². The molecule has 0 aromatic carbocycles. The van der Waals surface area contributed by atoms with E-state index >= 15 is 0 Å². The number of amides is 1. The van der Waals surface area contributed by atoms with Crippen LogP contribution in [0.25, 0.3) is 0 Å². The molecule has 2 fully saturated rings. The maximum absolute atomic E-state index is 12.3. The van der Waals surface area contributed by atoms with Crippen molar-refractivity contribution in [3.05, 3.63) is 18.1 Å². The lowest BCUT2D eigenvalue weighted by Crippen LogP contribution is -2.40. The van der Waals surface area contributed by atoms with Crippen molar-refractivity contribution in [1.82, 2.24) is 14.9 Å². The van der Waals surface area contributed by atoms with Gasteiger partial charge in [-0.1, -0.05) is 0 Å². The maximum atomic E-state index is 12.3. The van der Waals surface area contributed by atoms with E-state index in [-0.39, 0.29) is 0 Å². The lowest BCUT2D eigenvalue weighted by atomic mass is 9.93. The van der Waals surface area contributed by atoms with E-state index in [1.165, 1.54) is 19.3 Å². The number of carbonyl (C=O) groups excluding carboxylic acids is 1. The molecule has 1 aromatic heterocycles. The maximum Gasteiger partial charge on any atom is 0.222 e. The number of carbonyl (C=O) groups is 1. The summed E-state index contributed by atoms with van der Waals surface area (Å²) in [5.74, 6) is 2.40. The number of hydrogen-bond donors (Lipinski definition) is 1. The van der Waals surface area contributed by atoms with E-state index in [9.17, 15) is 4.79 Å². The van der Waals surface area contributed by atoms with Crippen LogP contribution in [0.3, 0.4) is 0 Å². The van der Waals surface area contributed by atoms with Gasteiger partial charge in [-0.05, 0) is 43.9 Å². The van der Waals surface area contributed by atoms with Crippen molar-refractivity contribution in [2.24, 2.45) is 11.8 Å². The zero-order valence-electron chi connectivity index (χ0n) is 12.7.